The van der Waals surface area contributed by atoms with Gasteiger partial charge in [0.25, 0.3) is 5.91 Å². The second kappa shape index (κ2) is 8.61. The highest BCUT2D eigenvalue weighted by Crippen LogP contribution is 2.18. The fourth-order valence-electron chi connectivity index (χ4n) is 2.89. The third-order valence-corrected chi connectivity index (χ3v) is 6.34. The third-order valence-electron chi connectivity index (χ3n) is 4.27. The highest BCUT2D eigenvalue weighted by atomic mass is 32.2. The number of carbonyl (C=O) groups excluding carboxylic acids is 1. The van der Waals surface area contributed by atoms with Crippen LogP contribution in [0.3, 0.4) is 0 Å². The second-order valence-corrected chi connectivity index (χ2v) is 7.89. The zero-order valence-electron chi connectivity index (χ0n) is 14.9. The van der Waals surface area contributed by atoms with E-state index < -0.39 is 22.1 Å². The zero-order valence-corrected chi connectivity index (χ0v) is 15.7. The van der Waals surface area contributed by atoms with Gasteiger partial charge in [0.2, 0.25) is 10.0 Å². The molecule has 1 aromatic rings. The summed E-state index contributed by atoms with van der Waals surface area (Å²) in [5.41, 5.74) is 0.361. The molecule has 2 rings (SSSR count). The number of ether oxygens (including phenoxy) is 1. The number of hydrogen-bond acceptors (Lipinski definition) is 5. The number of sulfonamides is 1. The lowest BCUT2D eigenvalue weighted by Gasteiger charge is -2.32. The van der Waals surface area contributed by atoms with Crippen LogP contribution in [-0.2, 0) is 19.6 Å². The van der Waals surface area contributed by atoms with Crippen LogP contribution in [0.25, 0.3) is 0 Å². The van der Waals surface area contributed by atoms with E-state index in [2.05, 4.69) is 0 Å². The van der Waals surface area contributed by atoms with Gasteiger partial charge in [-0.1, -0.05) is 13.8 Å². The minimum atomic E-state index is -3.57. The van der Waals surface area contributed by atoms with Gasteiger partial charge in [-0.2, -0.15) is 4.31 Å². The molecule has 8 nitrogen and oxygen atoms in total. The Morgan fingerprint density at radius 2 is 1.85 bits per heavy atom. The third kappa shape index (κ3) is 4.60. The maximum absolute atomic E-state index is 12.6. The summed E-state index contributed by atoms with van der Waals surface area (Å²) in [5, 5.41) is 8.86. The molecule has 9 heteroatoms. The molecule has 1 aromatic carbocycles. The molecular weight excluding hydrogens is 360 g/mol. The predicted molar refractivity (Wildman–Crippen MR) is 94.4 cm³/mol. The zero-order chi connectivity index (χ0) is 19.3. The van der Waals surface area contributed by atoms with Crippen molar-refractivity contribution in [3.05, 3.63) is 29.8 Å². The van der Waals surface area contributed by atoms with E-state index in [9.17, 15) is 18.0 Å². The van der Waals surface area contributed by atoms with Crippen molar-refractivity contribution in [3.63, 3.8) is 0 Å². The average Bonchev–Trinajstić information content (AvgIpc) is 2.61. The van der Waals surface area contributed by atoms with Crippen molar-refractivity contribution < 1.29 is 27.9 Å². The number of carboxylic acids is 1. The maximum atomic E-state index is 12.6. The first-order chi connectivity index (χ1) is 12.3. The first-order valence-electron chi connectivity index (χ1n) is 8.52. The van der Waals surface area contributed by atoms with Crippen LogP contribution >= 0.6 is 0 Å². The van der Waals surface area contributed by atoms with E-state index in [1.165, 1.54) is 33.5 Å². The molecule has 144 valence electrons. The molecule has 1 fully saturated rings. The van der Waals surface area contributed by atoms with Crippen molar-refractivity contribution >= 4 is 21.9 Å². The number of benzene rings is 1. The van der Waals surface area contributed by atoms with Crippen molar-refractivity contribution in [2.24, 2.45) is 0 Å². The summed E-state index contributed by atoms with van der Waals surface area (Å²) < 4.78 is 31.7. The van der Waals surface area contributed by atoms with Gasteiger partial charge in [-0.05, 0) is 24.3 Å². The fraction of sp³-hybridized carbons (Fsp3) is 0.529. The van der Waals surface area contributed by atoms with Gasteiger partial charge in [-0.25, -0.2) is 8.42 Å². The van der Waals surface area contributed by atoms with Crippen LogP contribution in [0.4, 0.5) is 0 Å². The topological polar surface area (TPSA) is 104 Å². The highest BCUT2D eigenvalue weighted by molar-refractivity contribution is 7.89. The van der Waals surface area contributed by atoms with Crippen LogP contribution in [-0.4, -0.2) is 73.5 Å². The number of morpholine rings is 1. The largest absolute Gasteiger partial charge is 0.481 e. The van der Waals surface area contributed by atoms with Gasteiger partial charge in [0.05, 0.1) is 24.0 Å². The molecule has 1 aliphatic heterocycles. The number of carbonyl (C=O) groups is 2. The number of nitrogens with zero attached hydrogens (tertiary/aromatic N) is 2. The van der Waals surface area contributed by atoms with Crippen molar-refractivity contribution in [1.82, 2.24) is 9.21 Å². The minimum absolute atomic E-state index is 0.142. The van der Waals surface area contributed by atoms with Crippen LogP contribution in [0.1, 0.15) is 30.6 Å². The van der Waals surface area contributed by atoms with Crippen molar-refractivity contribution in [2.75, 3.05) is 32.8 Å². The average molecular weight is 384 g/mol. The summed E-state index contributed by atoms with van der Waals surface area (Å²) >= 11 is 0. The van der Waals surface area contributed by atoms with E-state index in [0.29, 0.717) is 25.2 Å². The fourth-order valence-corrected chi connectivity index (χ4v) is 4.34. The van der Waals surface area contributed by atoms with Gasteiger partial charge >= 0.3 is 5.97 Å². The number of rotatable bonds is 7. The van der Waals surface area contributed by atoms with E-state index in [4.69, 9.17) is 9.84 Å². The summed E-state index contributed by atoms with van der Waals surface area (Å²) in [6, 6.07) is 5.83. The molecule has 1 saturated heterocycles. The smallest absolute Gasteiger partial charge is 0.306 e. The van der Waals surface area contributed by atoms with Gasteiger partial charge in [0, 0.05) is 31.7 Å². The maximum Gasteiger partial charge on any atom is 0.306 e. The van der Waals surface area contributed by atoms with Crippen molar-refractivity contribution in [3.8, 4) is 0 Å². The molecule has 1 N–H and O–H groups in total. The van der Waals surface area contributed by atoms with Crippen molar-refractivity contribution in [2.45, 2.75) is 31.3 Å². The molecule has 1 amide bonds. The lowest BCUT2D eigenvalue weighted by Crippen LogP contribution is -2.46. The Balaban J connectivity index is 2.12. The molecule has 26 heavy (non-hydrogen) atoms. The van der Waals surface area contributed by atoms with E-state index in [1.807, 2.05) is 0 Å². The normalized spacial score (nSPS) is 18.1. The first-order valence-corrected chi connectivity index (χ1v) is 9.96. The Bertz CT molecular complexity index is 743. The van der Waals surface area contributed by atoms with Crippen LogP contribution in [0.2, 0.25) is 0 Å². The Labute approximate surface area is 153 Å². The molecule has 1 aliphatic rings. The van der Waals surface area contributed by atoms with E-state index in [1.54, 1.807) is 13.8 Å². The van der Waals surface area contributed by atoms with Crippen LogP contribution in [0.15, 0.2) is 29.2 Å². The molecule has 0 radical (unpaired) electrons. The van der Waals surface area contributed by atoms with Crippen molar-refractivity contribution in [1.29, 1.82) is 0 Å². The SMILES string of the molecule is CCN(CC)S(=O)(=O)c1ccc(C(=O)N2CCOC(CC(=O)O)C2)cc1. The molecule has 1 atom stereocenters. The van der Waals surface area contributed by atoms with Gasteiger partial charge in [-0.3, -0.25) is 9.59 Å². The summed E-state index contributed by atoms with van der Waals surface area (Å²) in [6.07, 6.45) is -0.697. The van der Waals surface area contributed by atoms with Gasteiger partial charge < -0.3 is 14.7 Å². The molecule has 0 bridgehead atoms. The van der Waals surface area contributed by atoms with Crippen LogP contribution in [0.5, 0.6) is 0 Å². The lowest BCUT2D eigenvalue weighted by molar-refractivity contribution is -0.141. The molecule has 0 aliphatic carbocycles. The van der Waals surface area contributed by atoms with Crippen LogP contribution < -0.4 is 0 Å². The summed E-state index contributed by atoms with van der Waals surface area (Å²) in [7, 11) is -3.57. The minimum Gasteiger partial charge on any atom is -0.481 e. The summed E-state index contributed by atoms with van der Waals surface area (Å²) in [4.78, 5) is 25.1. The molecule has 1 unspecified atom stereocenters. The Morgan fingerprint density at radius 3 is 2.38 bits per heavy atom. The Morgan fingerprint density at radius 1 is 1.23 bits per heavy atom. The molecular formula is C17H24N2O6S. The predicted octanol–water partition coefficient (Wildman–Crippen LogP) is 1.03. The monoisotopic (exact) mass is 384 g/mol. The first kappa shape index (κ1) is 20.3. The summed E-state index contributed by atoms with van der Waals surface area (Å²) in [5.74, 6) is -1.24. The summed E-state index contributed by atoms with van der Waals surface area (Å²) in [6.45, 7) is 5.13. The Hall–Kier alpha value is -1.97. The molecule has 0 spiro atoms. The lowest BCUT2D eigenvalue weighted by atomic mass is 10.1. The molecule has 1 heterocycles. The number of hydrogen-bond donors (Lipinski definition) is 1. The second-order valence-electron chi connectivity index (χ2n) is 5.96. The van der Waals surface area contributed by atoms with Gasteiger partial charge in [0.15, 0.2) is 0 Å². The van der Waals surface area contributed by atoms with E-state index in [-0.39, 0.29) is 30.4 Å². The van der Waals surface area contributed by atoms with Gasteiger partial charge in [-0.15, -0.1) is 0 Å². The number of aliphatic carboxylic acids is 1. The van der Waals surface area contributed by atoms with Crippen LogP contribution in [0, 0.1) is 0 Å². The number of amides is 1. The van der Waals surface area contributed by atoms with E-state index >= 15 is 0 Å². The number of carboxylic acid groups (broad SMARTS) is 1. The molecule has 0 saturated carbocycles. The Kier molecular flexibility index (Phi) is 6.74. The van der Waals surface area contributed by atoms with E-state index in [0.717, 1.165) is 0 Å². The quantitative estimate of drug-likeness (QED) is 0.753. The molecule has 0 aromatic heterocycles. The highest BCUT2D eigenvalue weighted by Gasteiger charge is 2.27. The standard InChI is InChI=1S/C17H24N2O6S/c1-3-19(4-2)26(23,24)15-7-5-13(6-8-15)17(22)18-9-10-25-14(12-18)11-16(20)21/h5-8,14H,3-4,9-12H2,1-2H3,(H,20,21). The van der Waals surface area contributed by atoms with Gasteiger partial charge in [0.1, 0.15) is 0 Å².